The largest absolute Gasteiger partial charge is 0.299 e. The third kappa shape index (κ3) is 8.38. The van der Waals surface area contributed by atoms with Gasteiger partial charge in [-0.15, -0.1) is 0 Å². The van der Waals surface area contributed by atoms with Gasteiger partial charge in [0.05, 0.1) is 5.56 Å². The molecule has 2 aliphatic rings. The molecule has 5 heteroatoms. The van der Waals surface area contributed by atoms with Gasteiger partial charge in [0.2, 0.25) is 0 Å². The lowest BCUT2D eigenvalue weighted by molar-refractivity contribution is 0.220. The number of halogens is 1. The minimum Gasteiger partial charge on any atom is -0.299 e. The average molecular weight is 659 g/mol. The van der Waals surface area contributed by atoms with Gasteiger partial charge in [-0.2, -0.15) is 5.26 Å². The number of likely N-dealkylation sites (tertiary alicyclic amines) is 2. The molecule has 0 saturated carbocycles. The molecule has 3 heterocycles. The van der Waals surface area contributed by atoms with Crippen LogP contribution in [-0.2, 0) is 38.8 Å². The standard InChI is InChI=1S/C43H51ClN4/c1-4-33-18-21-48(28-33)29-39-11-9-13-42(32(39)3)41-12-8-10-36(31(41)2)16-17-38-23-37(15-14-34-22-35(25-45)27-46-26-34)40(24-43(38)44)30-47-19-6-5-7-20-47/h8-13,22-24,26-27,33H,4-7,14-21,28-30H2,1-3H3. The van der Waals surface area contributed by atoms with E-state index in [1.54, 1.807) is 6.20 Å². The molecule has 0 N–H and O–H groups in total. The Morgan fingerprint density at radius 3 is 2.17 bits per heavy atom. The van der Waals surface area contributed by atoms with Crippen LogP contribution in [0.5, 0.6) is 0 Å². The van der Waals surface area contributed by atoms with Gasteiger partial charge in [-0.1, -0.05) is 73.8 Å². The number of pyridine rings is 1. The Kier molecular flexibility index (Phi) is 11.7. The number of nitrogens with zero attached hydrogens (tertiary/aromatic N) is 4. The number of hydrogen-bond acceptors (Lipinski definition) is 4. The molecule has 1 atom stereocenters. The van der Waals surface area contributed by atoms with E-state index in [4.69, 9.17) is 11.6 Å². The van der Waals surface area contributed by atoms with Crippen molar-refractivity contribution in [1.29, 1.82) is 5.26 Å². The zero-order valence-corrected chi connectivity index (χ0v) is 30.0. The topological polar surface area (TPSA) is 43.2 Å². The summed E-state index contributed by atoms with van der Waals surface area (Å²) < 4.78 is 0. The first kappa shape index (κ1) is 34.4. The predicted molar refractivity (Wildman–Crippen MR) is 199 cm³/mol. The van der Waals surface area contributed by atoms with Crippen molar-refractivity contribution in [1.82, 2.24) is 14.8 Å². The molecule has 2 aliphatic heterocycles. The number of benzene rings is 3. The van der Waals surface area contributed by atoms with Crippen molar-refractivity contribution in [2.75, 3.05) is 26.2 Å². The van der Waals surface area contributed by atoms with Gasteiger partial charge in [0.25, 0.3) is 0 Å². The van der Waals surface area contributed by atoms with Crippen LogP contribution in [0.2, 0.25) is 5.02 Å². The molecule has 0 amide bonds. The van der Waals surface area contributed by atoms with Gasteiger partial charge in [0, 0.05) is 37.1 Å². The minimum atomic E-state index is 0.620. The fourth-order valence-corrected chi connectivity index (χ4v) is 8.18. The Balaban J connectivity index is 1.21. The molecule has 2 saturated heterocycles. The van der Waals surface area contributed by atoms with Crippen LogP contribution in [0.15, 0.2) is 67.0 Å². The smallest absolute Gasteiger partial charge is 0.101 e. The second kappa shape index (κ2) is 16.3. The lowest BCUT2D eigenvalue weighted by Gasteiger charge is -2.28. The van der Waals surface area contributed by atoms with Crippen molar-refractivity contribution >= 4 is 11.6 Å². The van der Waals surface area contributed by atoms with Gasteiger partial charge < -0.3 is 0 Å². The van der Waals surface area contributed by atoms with E-state index in [-0.39, 0.29) is 0 Å². The fraction of sp³-hybridized carbons (Fsp3) is 0.442. The summed E-state index contributed by atoms with van der Waals surface area (Å²) in [6.45, 7) is 13.7. The van der Waals surface area contributed by atoms with Crippen LogP contribution < -0.4 is 0 Å². The van der Waals surface area contributed by atoms with Crippen molar-refractivity contribution in [2.24, 2.45) is 5.92 Å². The zero-order chi connectivity index (χ0) is 33.5. The number of hydrogen-bond donors (Lipinski definition) is 0. The molecule has 0 bridgehead atoms. The summed E-state index contributed by atoms with van der Waals surface area (Å²) >= 11 is 7.07. The summed E-state index contributed by atoms with van der Waals surface area (Å²) in [5, 5.41) is 10.3. The van der Waals surface area contributed by atoms with E-state index < -0.39 is 0 Å². The van der Waals surface area contributed by atoms with E-state index in [2.05, 4.69) is 90.2 Å². The Bertz CT molecular complexity index is 1750. The third-order valence-corrected chi connectivity index (χ3v) is 11.4. The highest BCUT2D eigenvalue weighted by Crippen LogP contribution is 2.33. The second-order valence-corrected chi connectivity index (χ2v) is 14.6. The van der Waals surface area contributed by atoms with Crippen molar-refractivity contribution < 1.29 is 0 Å². The summed E-state index contributed by atoms with van der Waals surface area (Å²) in [4.78, 5) is 9.52. The van der Waals surface area contributed by atoms with Crippen molar-refractivity contribution in [3.63, 3.8) is 0 Å². The Labute approximate surface area is 293 Å². The molecule has 3 aromatic carbocycles. The maximum absolute atomic E-state index is 9.38. The molecular formula is C43H51ClN4. The van der Waals surface area contributed by atoms with E-state index >= 15 is 0 Å². The van der Waals surface area contributed by atoms with Crippen LogP contribution in [0.3, 0.4) is 0 Å². The number of aromatic nitrogens is 1. The summed E-state index contributed by atoms with van der Waals surface area (Å²) in [6.07, 6.45) is 13.6. The van der Waals surface area contributed by atoms with E-state index in [0.717, 1.165) is 68.4 Å². The van der Waals surface area contributed by atoms with Crippen LogP contribution in [-0.4, -0.2) is 41.0 Å². The van der Waals surface area contributed by atoms with E-state index in [9.17, 15) is 5.26 Å². The molecule has 1 aromatic heterocycles. The third-order valence-electron chi connectivity index (χ3n) is 11.0. The second-order valence-electron chi connectivity index (χ2n) is 14.2. The Morgan fingerprint density at radius 2 is 1.44 bits per heavy atom. The molecule has 0 radical (unpaired) electrons. The number of aryl methyl sites for hydroxylation is 4. The summed E-state index contributed by atoms with van der Waals surface area (Å²) in [5.41, 5.74) is 14.0. The number of rotatable bonds is 12. The first-order chi connectivity index (χ1) is 23.4. The molecule has 0 spiro atoms. The monoisotopic (exact) mass is 658 g/mol. The molecule has 4 aromatic rings. The van der Waals surface area contributed by atoms with E-state index in [0.29, 0.717) is 5.56 Å². The average Bonchev–Trinajstić information content (AvgIpc) is 3.57. The zero-order valence-electron chi connectivity index (χ0n) is 29.2. The van der Waals surface area contributed by atoms with Gasteiger partial charge in [0.15, 0.2) is 0 Å². The summed E-state index contributed by atoms with van der Waals surface area (Å²) in [5.74, 6) is 0.849. The summed E-state index contributed by atoms with van der Waals surface area (Å²) in [6, 6.07) is 22.5. The van der Waals surface area contributed by atoms with Crippen LogP contribution in [0.25, 0.3) is 11.1 Å². The van der Waals surface area contributed by atoms with Gasteiger partial charge in [0.1, 0.15) is 6.07 Å². The highest BCUT2D eigenvalue weighted by Gasteiger charge is 2.22. The number of nitriles is 1. The first-order valence-electron chi connectivity index (χ1n) is 18.2. The van der Waals surface area contributed by atoms with E-state index in [1.807, 2.05) is 12.3 Å². The highest BCUT2D eigenvalue weighted by atomic mass is 35.5. The highest BCUT2D eigenvalue weighted by molar-refractivity contribution is 6.31. The molecule has 2 fully saturated rings. The van der Waals surface area contributed by atoms with Gasteiger partial charge in [-0.3, -0.25) is 14.8 Å². The quantitative estimate of drug-likeness (QED) is 0.152. The Hall–Kier alpha value is -3.49. The molecule has 6 rings (SSSR count). The molecule has 250 valence electrons. The molecular weight excluding hydrogens is 608 g/mol. The lowest BCUT2D eigenvalue weighted by Crippen LogP contribution is -2.29. The Morgan fingerprint density at radius 1 is 0.750 bits per heavy atom. The van der Waals surface area contributed by atoms with Gasteiger partial charge >= 0.3 is 0 Å². The van der Waals surface area contributed by atoms with Crippen molar-refractivity contribution in [3.8, 4) is 17.2 Å². The summed E-state index contributed by atoms with van der Waals surface area (Å²) in [7, 11) is 0. The van der Waals surface area contributed by atoms with Gasteiger partial charge in [-0.25, -0.2) is 0 Å². The van der Waals surface area contributed by atoms with Gasteiger partial charge in [-0.05, 0) is 152 Å². The van der Waals surface area contributed by atoms with E-state index in [1.165, 1.54) is 95.3 Å². The first-order valence-corrected chi connectivity index (χ1v) is 18.6. The molecule has 0 aliphatic carbocycles. The molecule has 1 unspecified atom stereocenters. The maximum Gasteiger partial charge on any atom is 0.101 e. The van der Waals surface area contributed by atoms with Crippen LogP contribution >= 0.6 is 11.6 Å². The van der Waals surface area contributed by atoms with Crippen molar-refractivity contribution in [3.05, 3.63) is 122 Å². The normalized spacial score (nSPS) is 17.1. The minimum absolute atomic E-state index is 0.620. The number of piperidine rings is 1. The van der Waals surface area contributed by atoms with Crippen LogP contribution in [0.4, 0.5) is 0 Å². The SMILES string of the molecule is CCC1CCN(Cc2cccc(-c3cccc(CCc4cc(CCc5cncc(C#N)c5)c(CN5CCCCC5)cc4Cl)c3C)c2C)C1. The molecule has 48 heavy (non-hydrogen) atoms. The lowest BCUT2D eigenvalue weighted by atomic mass is 9.89. The van der Waals surface area contributed by atoms with Crippen LogP contribution in [0, 0.1) is 31.1 Å². The predicted octanol–water partition coefficient (Wildman–Crippen LogP) is 9.68. The van der Waals surface area contributed by atoms with Crippen molar-refractivity contribution in [2.45, 2.75) is 91.6 Å². The molecule has 4 nitrogen and oxygen atoms in total. The fourth-order valence-electron chi connectivity index (χ4n) is 7.90. The van der Waals surface area contributed by atoms with Crippen LogP contribution in [0.1, 0.15) is 89.1 Å². The maximum atomic E-state index is 9.38.